The summed E-state index contributed by atoms with van der Waals surface area (Å²) >= 11 is 0. The van der Waals surface area contributed by atoms with E-state index < -0.39 is 23.0 Å². The van der Waals surface area contributed by atoms with E-state index in [1.165, 1.54) is 14.1 Å². The molecule has 0 aliphatic rings. The molecule has 0 unspecified atom stereocenters. The molecule has 1 aromatic heterocycles. The SMILES string of the molecule is COC(=O)/C=C/C(=O)c1c(N)n(C)c(=O)n(C)c1=O. The topological polar surface area (TPSA) is 113 Å². The second-order valence-electron chi connectivity index (χ2n) is 3.69. The van der Waals surface area contributed by atoms with E-state index in [1.54, 1.807) is 0 Å². The van der Waals surface area contributed by atoms with E-state index in [9.17, 15) is 19.2 Å². The largest absolute Gasteiger partial charge is 0.466 e. The Labute approximate surface area is 107 Å². The zero-order valence-corrected chi connectivity index (χ0v) is 10.7. The number of anilines is 1. The van der Waals surface area contributed by atoms with Crippen LogP contribution in [0, 0.1) is 0 Å². The molecule has 0 fully saturated rings. The number of rotatable bonds is 3. The van der Waals surface area contributed by atoms with Gasteiger partial charge in [0.25, 0.3) is 5.56 Å². The third-order valence-electron chi connectivity index (χ3n) is 2.53. The molecule has 0 amide bonds. The van der Waals surface area contributed by atoms with Gasteiger partial charge in [0.2, 0.25) is 0 Å². The van der Waals surface area contributed by atoms with E-state index in [0.29, 0.717) is 0 Å². The summed E-state index contributed by atoms with van der Waals surface area (Å²) < 4.78 is 6.05. The molecule has 1 rings (SSSR count). The Hall–Kier alpha value is -2.64. The second-order valence-corrected chi connectivity index (χ2v) is 3.69. The van der Waals surface area contributed by atoms with Gasteiger partial charge in [-0.3, -0.25) is 18.7 Å². The number of esters is 1. The summed E-state index contributed by atoms with van der Waals surface area (Å²) in [6.07, 6.45) is 1.73. The molecule has 0 bridgehead atoms. The number of aromatic nitrogens is 2. The van der Waals surface area contributed by atoms with Crippen LogP contribution < -0.4 is 17.0 Å². The van der Waals surface area contributed by atoms with Gasteiger partial charge in [0.15, 0.2) is 5.78 Å². The molecular weight excluding hydrogens is 254 g/mol. The van der Waals surface area contributed by atoms with Crippen LogP contribution in [0.3, 0.4) is 0 Å². The average Bonchev–Trinajstić information content (AvgIpc) is 2.40. The van der Waals surface area contributed by atoms with E-state index in [4.69, 9.17) is 5.73 Å². The number of nitrogen functional groups attached to an aromatic ring is 1. The molecule has 8 nitrogen and oxygen atoms in total. The van der Waals surface area contributed by atoms with Crippen molar-refractivity contribution in [1.82, 2.24) is 9.13 Å². The van der Waals surface area contributed by atoms with Crippen molar-refractivity contribution in [3.05, 3.63) is 38.6 Å². The maximum Gasteiger partial charge on any atom is 0.332 e. The summed E-state index contributed by atoms with van der Waals surface area (Å²) in [5.74, 6) is -1.78. The molecule has 19 heavy (non-hydrogen) atoms. The van der Waals surface area contributed by atoms with Gasteiger partial charge in [-0.15, -0.1) is 0 Å². The monoisotopic (exact) mass is 267 g/mol. The molecule has 0 aliphatic carbocycles. The maximum absolute atomic E-state index is 11.8. The number of methoxy groups -OCH3 is 1. The molecule has 102 valence electrons. The highest BCUT2D eigenvalue weighted by molar-refractivity contribution is 6.09. The van der Waals surface area contributed by atoms with E-state index in [0.717, 1.165) is 28.4 Å². The van der Waals surface area contributed by atoms with Crippen molar-refractivity contribution in [1.29, 1.82) is 0 Å². The number of ether oxygens (including phenoxy) is 1. The number of hydrogen-bond acceptors (Lipinski definition) is 6. The molecular formula is C11H13N3O5. The molecule has 0 spiro atoms. The van der Waals surface area contributed by atoms with Crippen molar-refractivity contribution in [2.24, 2.45) is 14.1 Å². The van der Waals surface area contributed by atoms with Crippen molar-refractivity contribution in [3.63, 3.8) is 0 Å². The quantitative estimate of drug-likeness (QED) is 0.408. The van der Waals surface area contributed by atoms with Gasteiger partial charge >= 0.3 is 11.7 Å². The Morgan fingerprint density at radius 2 is 1.74 bits per heavy atom. The van der Waals surface area contributed by atoms with Gasteiger partial charge in [0.1, 0.15) is 11.4 Å². The number of hydrogen-bond donors (Lipinski definition) is 1. The Morgan fingerprint density at radius 3 is 2.26 bits per heavy atom. The molecule has 0 atom stereocenters. The Balaban J connectivity index is 3.41. The average molecular weight is 267 g/mol. The first-order valence-electron chi connectivity index (χ1n) is 5.17. The van der Waals surface area contributed by atoms with Crippen LogP contribution in [0.1, 0.15) is 10.4 Å². The highest BCUT2D eigenvalue weighted by Crippen LogP contribution is 2.04. The fraction of sp³-hybridized carbons (Fsp3) is 0.273. The first kappa shape index (κ1) is 14.4. The van der Waals surface area contributed by atoms with Crippen molar-refractivity contribution < 1.29 is 14.3 Å². The molecule has 8 heteroatoms. The van der Waals surface area contributed by atoms with Crippen LogP contribution in [0.15, 0.2) is 21.7 Å². The van der Waals surface area contributed by atoms with Gasteiger partial charge in [-0.1, -0.05) is 0 Å². The molecule has 2 N–H and O–H groups in total. The van der Waals surface area contributed by atoms with Crippen LogP contribution in [0.4, 0.5) is 5.82 Å². The molecule has 1 heterocycles. The van der Waals surface area contributed by atoms with Crippen LogP contribution >= 0.6 is 0 Å². The third-order valence-corrected chi connectivity index (χ3v) is 2.53. The van der Waals surface area contributed by atoms with Gasteiger partial charge in [-0.05, 0) is 6.08 Å². The summed E-state index contributed by atoms with van der Waals surface area (Å²) in [6, 6.07) is 0. The standard InChI is InChI=1S/C11H13N3O5/c1-13-9(12)8(10(17)14(2)11(13)18)6(15)4-5-7(16)19-3/h4-5H,12H2,1-3H3/b5-4+. The predicted molar refractivity (Wildman–Crippen MR) is 66.8 cm³/mol. The van der Waals surface area contributed by atoms with Crippen molar-refractivity contribution in [2.75, 3.05) is 12.8 Å². The van der Waals surface area contributed by atoms with Gasteiger partial charge in [-0.2, -0.15) is 0 Å². The predicted octanol–water partition coefficient (Wildman–Crippen LogP) is -1.42. The van der Waals surface area contributed by atoms with Crippen molar-refractivity contribution >= 4 is 17.6 Å². The smallest absolute Gasteiger partial charge is 0.332 e. The van der Waals surface area contributed by atoms with E-state index in [1.807, 2.05) is 0 Å². The zero-order chi connectivity index (χ0) is 14.7. The first-order chi connectivity index (χ1) is 8.81. The maximum atomic E-state index is 11.8. The lowest BCUT2D eigenvalue weighted by molar-refractivity contribution is -0.134. The van der Waals surface area contributed by atoms with Crippen LogP contribution in [-0.2, 0) is 23.6 Å². The molecule has 0 aliphatic heterocycles. The van der Waals surface area contributed by atoms with Gasteiger partial charge in [-0.25, -0.2) is 9.59 Å². The third kappa shape index (κ3) is 2.62. The van der Waals surface area contributed by atoms with Crippen molar-refractivity contribution in [3.8, 4) is 0 Å². The van der Waals surface area contributed by atoms with Crippen LogP contribution in [-0.4, -0.2) is 28.0 Å². The number of allylic oxidation sites excluding steroid dienone is 1. The van der Waals surface area contributed by atoms with Crippen molar-refractivity contribution in [2.45, 2.75) is 0 Å². The molecule has 0 aromatic carbocycles. The number of carbonyl (C=O) groups excluding carboxylic acids is 2. The van der Waals surface area contributed by atoms with Gasteiger partial charge in [0.05, 0.1) is 7.11 Å². The van der Waals surface area contributed by atoms with Crippen LogP contribution in [0.2, 0.25) is 0 Å². The number of nitrogens with two attached hydrogens (primary N) is 1. The lowest BCUT2D eigenvalue weighted by atomic mass is 10.2. The lowest BCUT2D eigenvalue weighted by Crippen LogP contribution is -2.41. The summed E-state index contributed by atoms with van der Waals surface area (Å²) in [4.78, 5) is 46.1. The summed E-state index contributed by atoms with van der Waals surface area (Å²) in [5, 5.41) is 0. The Kier molecular flexibility index (Phi) is 4.05. The summed E-state index contributed by atoms with van der Waals surface area (Å²) in [6.45, 7) is 0. The Morgan fingerprint density at radius 1 is 1.16 bits per heavy atom. The summed E-state index contributed by atoms with van der Waals surface area (Å²) in [7, 11) is 3.71. The molecule has 0 saturated carbocycles. The van der Waals surface area contributed by atoms with Crippen LogP contribution in [0.25, 0.3) is 0 Å². The van der Waals surface area contributed by atoms with Crippen LogP contribution in [0.5, 0.6) is 0 Å². The first-order valence-corrected chi connectivity index (χ1v) is 5.17. The Bertz CT molecular complexity index is 681. The fourth-order valence-electron chi connectivity index (χ4n) is 1.39. The number of ketones is 1. The summed E-state index contributed by atoms with van der Waals surface area (Å²) in [5.41, 5.74) is 3.74. The number of carbonyl (C=O) groups is 2. The normalized spacial score (nSPS) is 10.7. The fourth-order valence-corrected chi connectivity index (χ4v) is 1.39. The molecule has 0 saturated heterocycles. The van der Waals surface area contributed by atoms with E-state index >= 15 is 0 Å². The number of nitrogens with zero attached hydrogens (tertiary/aromatic N) is 2. The second kappa shape index (κ2) is 5.34. The highest BCUT2D eigenvalue weighted by Gasteiger charge is 2.18. The van der Waals surface area contributed by atoms with Gasteiger partial charge < -0.3 is 10.5 Å². The minimum Gasteiger partial charge on any atom is -0.466 e. The minimum atomic E-state index is -0.819. The zero-order valence-electron chi connectivity index (χ0n) is 10.7. The van der Waals surface area contributed by atoms with Gasteiger partial charge in [0, 0.05) is 20.2 Å². The minimum absolute atomic E-state index is 0.257. The molecule has 0 radical (unpaired) electrons. The highest BCUT2D eigenvalue weighted by atomic mass is 16.5. The molecule has 1 aromatic rings. The van der Waals surface area contributed by atoms with E-state index in [-0.39, 0.29) is 11.4 Å². The van der Waals surface area contributed by atoms with E-state index in [2.05, 4.69) is 4.74 Å². The lowest BCUT2D eigenvalue weighted by Gasteiger charge is -2.09.